The number of rotatable bonds is 2. The van der Waals surface area contributed by atoms with Crippen LogP contribution in [-0.4, -0.2) is 4.98 Å². The molecule has 60 valence electrons. The van der Waals surface area contributed by atoms with Crippen molar-refractivity contribution in [3.8, 4) is 0 Å². The number of pyridine rings is 1. The van der Waals surface area contributed by atoms with Crippen molar-refractivity contribution >= 4 is 0 Å². The molecule has 0 unspecified atom stereocenters. The van der Waals surface area contributed by atoms with Crippen LogP contribution in [-0.2, 0) is 6.42 Å². The van der Waals surface area contributed by atoms with Crippen molar-refractivity contribution in [2.24, 2.45) is 0 Å². The Labute approximate surface area is 64.1 Å². The highest BCUT2D eigenvalue weighted by atomic mass is 19.1. The maximum atomic E-state index is 12.7. The van der Waals surface area contributed by atoms with E-state index in [9.17, 15) is 8.78 Å². The van der Waals surface area contributed by atoms with E-state index in [1.807, 2.05) is 6.92 Å². The van der Waals surface area contributed by atoms with Crippen LogP contribution in [0, 0.1) is 11.6 Å². The quantitative estimate of drug-likeness (QED) is 0.642. The molecule has 0 atom stereocenters. The molecule has 11 heavy (non-hydrogen) atoms. The molecule has 0 saturated carbocycles. The van der Waals surface area contributed by atoms with Crippen molar-refractivity contribution in [3.63, 3.8) is 0 Å². The van der Waals surface area contributed by atoms with Gasteiger partial charge in [0.2, 0.25) is 0 Å². The van der Waals surface area contributed by atoms with Gasteiger partial charge in [-0.05, 0) is 6.42 Å². The molecule has 1 nitrogen and oxygen atoms in total. The largest absolute Gasteiger partial charge is 0.259 e. The minimum atomic E-state index is -0.549. The summed E-state index contributed by atoms with van der Waals surface area (Å²) in [5.74, 6) is -1.10. The smallest absolute Gasteiger partial charge is 0.147 e. The molecule has 0 aliphatic carbocycles. The molecule has 0 aliphatic rings. The molecule has 0 aliphatic heterocycles. The highest BCUT2D eigenvalue weighted by Crippen LogP contribution is 2.11. The summed E-state index contributed by atoms with van der Waals surface area (Å²) in [6.45, 7) is 1.87. The van der Waals surface area contributed by atoms with E-state index < -0.39 is 11.6 Å². The lowest BCUT2D eigenvalue weighted by Gasteiger charge is -2.00. The van der Waals surface area contributed by atoms with Crippen LogP contribution in [0.25, 0.3) is 0 Å². The van der Waals surface area contributed by atoms with Crippen molar-refractivity contribution in [1.29, 1.82) is 0 Å². The molecule has 0 saturated heterocycles. The predicted molar refractivity (Wildman–Crippen MR) is 38.1 cm³/mol. The fraction of sp³-hybridized carbons (Fsp3) is 0.375. The third-order valence-electron chi connectivity index (χ3n) is 1.45. The Bertz CT molecular complexity index is 228. The first-order valence-corrected chi connectivity index (χ1v) is 3.53. The predicted octanol–water partition coefficient (Wildman–Crippen LogP) is 2.31. The molecule has 0 aromatic carbocycles. The van der Waals surface area contributed by atoms with E-state index in [4.69, 9.17) is 0 Å². The second-order valence-corrected chi connectivity index (χ2v) is 2.33. The Morgan fingerprint density at radius 2 is 1.82 bits per heavy atom. The van der Waals surface area contributed by atoms with Crippen LogP contribution in [0.3, 0.4) is 0 Å². The first kappa shape index (κ1) is 8.11. The summed E-state index contributed by atoms with van der Waals surface area (Å²) in [6.07, 6.45) is 3.24. The van der Waals surface area contributed by atoms with Gasteiger partial charge < -0.3 is 0 Å². The van der Waals surface area contributed by atoms with Gasteiger partial charge in [-0.25, -0.2) is 8.78 Å². The molecular weight excluding hydrogens is 148 g/mol. The standard InChI is InChI=1S/C8H9F2N/c1-2-3-6-7(9)4-11-5-8(6)10/h4-5H,2-3H2,1H3. The molecule has 0 N–H and O–H groups in total. The van der Waals surface area contributed by atoms with Crippen molar-refractivity contribution in [3.05, 3.63) is 29.6 Å². The topological polar surface area (TPSA) is 12.9 Å². The van der Waals surface area contributed by atoms with Gasteiger partial charge in [-0.1, -0.05) is 13.3 Å². The van der Waals surface area contributed by atoms with Gasteiger partial charge in [-0.15, -0.1) is 0 Å². The normalized spacial score (nSPS) is 10.1. The van der Waals surface area contributed by atoms with Crippen LogP contribution >= 0.6 is 0 Å². The molecule has 0 spiro atoms. The van der Waals surface area contributed by atoms with Gasteiger partial charge >= 0.3 is 0 Å². The number of aromatic nitrogens is 1. The Hall–Kier alpha value is -0.990. The minimum absolute atomic E-state index is 0.141. The van der Waals surface area contributed by atoms with E-state index in [2.05, 4.69) is 4.98 Å². The lowest BCUT2D eigenvalue weighted by molar-refractivity contribution is 0.543. The summed E-state index contributed by atoms with van der Waals surface area (Å²) in [5, 5.41) is 0. The fourth-order valence-corrected chi connectivity index (χ4v) is 0.927. The lowest BCUT2D eigenvalue weighted by atomic mass is 10.1. The number of hydrogen-bond donors (Lipinski definition) is 0. The highest BCUT2D eigenvalue weighted by Gasteiger charge is 2.06. The Kier molecular flexibility index (Phi) is 2.52. The average Bonchev–Trinajstić information content (AvgIpc) is 1.97. The average molecular weight is 157 g/mol. The first-order valence-electron chi connectivity index (χ1n) is 3.53. The first-order chi connectivity index (χ1) is 5.25. The number of nitrogens with zero attached hydrogens (tertiary/aromatic N) is 1. The lowest BCUT2D eigenvalue weighted by Crippen LogP contribution is -1.95. The van der Waals surface area contributed by atoms with Gasteiger partial charge in [0.25, 0.3) is 0 Å². The monoisotopic (exact) mass is 157 g/mol. The number of halogens is 2. The van der Waals surface area contributed by atoms with Gasteiger partial charge in [-0.3, -0.25) is 4.98 Å². The summed E-state index contributed by atoms with van der Waals surface area (Å²) in [7, 11) is 0. The van der Waals surface area contributed by atoms with Crippen molar-refractivity contribution < 1.29 is 8.78 Å². The van der Waals surface area contributed by atoms with Gasteiger partial charge in [0.1, 0.15) is 11.6 Å². The molecule has 1 aromatic rings. The van der Waals surface area contributed by atoms with Crippen molar-refractivity contribution in [2.75, 3.05) is 0 Å². The van der Waals surface area contributed by atoms with E-state index in [-0.39, 0.29) is 5.56 Å². The molecule has 1 aromatic heterocycles. The van der Waals surface area contributed by atoms with E-state index >= 15 is 0 Å². The zero-order valence-electron chi connectivity index (χ0n) is 6.27. The second kappa shape index (κ2) is 3.42. The van der Waals surface area contributed by atoms with Gasteiger partial charge in [0.05, 0.1) is 12.4 Å². The third-order valence-corrected chi connectivity index (χ3v) is 1.45. The zero-order chi connectivity index (χ0) is 8.27. The SMILES string of the molecule is CCCc1c(F)cncc1F. The van der Waals surface area contributed by atoms with Gasteiger partial charge in [-0.2, -0.15) is 0 Å². The van der Waals surface area contributed by atoms with Crippen molar-refractivity contribution in [1.82, 2.24) is 4.98 Å². The maximum Gasteiger partial charge on any atom is 0.147 e. The summed E-state index contributed by atoms with van der Waals surface area (Å²) in [6, 6.07) is 0. The van der Waals surface area contributed by atoms with E-state index in [0.29, 0.717) is 6.42 Å². The fourth-order valence-electron chi connectivity index (χ4n) is 0.927. The highest BCUT2D eigenvalue weighted by molar-refractivity contribution is 5.14. The van der Waals surface area contributed by atoms with Crippen LogP contribution in [0.5, 0.6) is 0 Å². The number of hydrogen-bond acceptors (Lipinski definition) is 1. The van der Waals surface area contributed by atoms with Gasteiger partial charge in [0.15, 0.2) is 0 Å². The maximum absolute atomic E-state index is 12.7. The summed E-state index contributed by atoms with van der Waals surface area (Å²) in [4.78, 5) is 3.38. The molecule has 0 bridgehead atoms. The second-order valence-electron chi connectivity index (χ2n) is 2.33. The van der Waals surface area contributed by atoms with E-state index in [1.165, 1.54) is 0 Å². The molecule has 0 amide bonds. The van der Waals surface area contributed by atoms with Crippen LogP contribution in [0.15, 0.2) is 12.4 Å². The van der Waals surface area contributed by atoms with Crippen LogP contribution in [0.2, 0.25) is 0 Å². The van der Waals surface area contributed by atoms with Gasteiger partial charge in [0, 0.05) is 5.56 Å². The van der Waals surface area contributed by atoms with Crippen LogP contribution in [0.1, 0.15) is 18.9 Å². The molecule has 3 heteroatoms. The van der Waals surface area contributed by atoms with E-state index in [0.717, 1.165) is 18.8 Å². The summed E-state index contributed by atoms with van der Waals surface area (Å²) >= 11 is 0. The van der Waals surface area contributed by atoms with E-state index in [1.54, 1.807) is 0 Å². The molecule has 0 radical (unpaired) electrons. The summed E-state index contributed by atoms with van der Waals surface area (Å²) in [5.41, 5.74) is 0.141. The van der Waals surface area contributed by atoms with Crippen LogP contribution < -0.4 is 0 Å². The molecule has 0 fully saturated rings. The zero-order valence-corrected chi connectivity index (χ0v) is 6.27. The summed E-state index contributed by atoms with van der Waals surface area (Å²) < 4.78 is 25.5. The Morgan fingerprint density at radius 3 is 2.27 bits per heavy atom. The van der Waals surface area contributed by atoms with Crippen molar-refractivity contribution in [2.45, 2.75) is 19.8 Å². The Balaban J connectivity index is 3.00. The molecule has 1 heterocycles. The molecular formula is C8H9F2N. The van der Waals surface area contributed by atoms with Crippen LogP contribution in [0.4, 0.5) is 8.78 Å². The molecule has 1 rings (SSSR count). The Morgan fingerprint density at radius 1 is 1.27 bits per heavy atom. The minimum Gasteiger partial charge on any atom is -0.259 e. The third kappa shape index (κ3) is 1.73.